The van der Waals surface area contributed by atoms with Crippen LogP contribution in [0.4, 0.5) is 5.13 Å². The predicted molar refractivity (Wildman–Crippen MR) is 142 cm³/mol. The van der Waals surface area contributed by atoms with Gasteiger partial charge in [-0.05, 0) is 48.4 Å². The van der Waals surface area contributed by atoms with E-state index in [1.807, 2.05) is 18.2 Å². The molecule has 0 saturated carbocycles. The van der Waals surface area contributed by atoms with Crippen LogP contribution in [0.1, 0.15) is 15.9 Å². The van der Waals surface area contributed by atoms with E-state index < -0.39 is 15.9 Å². The molecule has 3 rings (SSSR count). The fourth-order valence-electron chi connectivity index (χ4n) is 3.04. The Morgan fingerprint density at radius 2 is 1.73 bits per heavy atom. The Labute approximate surface area is 223 Å². The quantitative estimate of drug-likeness (QED) is 0.250. The number of hydrogen-bond acceptors (Lipinski definition) is 10. The molecule has 14 heteroatoms. The number of nitrogens with one attached hydrogen (secondary N) is 2. The Bertz CT molecular complexity index is 1340. The molecule has 2 N–H and O–H groups in total. The lowest BCUT2D eigenvalue weighted by atomic mass is 10.1. The van der Waals surface area contributed by atoms with E-state index in [-0.39, 0.29) is 27.3 Å². The van der Waals surface area contributed by atoms with E-state index in [0.29, 0.717) is 28.8 Å². The minimum Gasteiger partial charge on any atom is -0.493 e. The van der Waals surface area contributed by atoms with Gasteiger partial charge in [0.1, 0.15) is 0 Å². The highest BCUT2D eigenvalue weighted by atomic mass is 32.2. The van der Waals surface area contributed by atoms with Gasteiger partial charge in [-0.2, -0.15) is 0 Å². The van der Waals surface area contributed by atoms with Crippen molar-refractivity contribution >= 4 is 50.1 Å². The van der Waals surface area contributed by atoms with Gasteiger partial charge in [0.15, 0.2) is 15.8 Å². The largest absolute Gasteiger partial charge is 0.493 e. The lowest BCUT2D eigenvalue weighted by Gasteiger charge is -2.11. The molecule has 37 heavy (non-hydrogen) atoms. The molecule has 0 atom stereocenters. The van der Waals surface area contributed by atoms with Crippen molar-refractivity contribution in [2.75, 3.05) is 45.9 Å². The van der Waals surface area contributed by atoms with Gasteiger partial charge in [-0.15, -0.1) is 10.2 Å². The Balaban J connectivity index is 1.45. The summed E-state index contributed by atoms with van der Waals surface area (Å²) in [6, 6.07) is 11.2. The van der Waals surface area contributed by atoms with E-state index in [1.165, 1.54) is 50.1 Å². The average Bonchev–Trinajstić information content (AvgIpc) is 3.34. The number of carbonyl (C=O) groups excluding carboxylic acids is 2. The fourth-order valence-corrected chi connectivity index (χ4v) is 5.52. The lowest BCUT2D eigenvalue weighted by Crippen LogP contribution is -2.27. The van der Waals surface area contributed by atoms with Gasteiger partial charge in [-0.1, -0.05) is 29.2 Å². The smallest absolute Gasteiger partial charge is 0.257 e. The maximum Gasteiger partial charge on any atom is 0.257 e. The zero-order valence-corrected chi connectivity index (χ0v) is 23.1. The minimum atomic E-state index is -3.58. The molecular weight excluding hydrogens is 538 g/mol. The number of nitrogens with zero attached hydrogens (tertiary/aromatic N) is 3. The molecule has 2 aromatic carbocycles. The molecule has 0 fully saturated rings. The van der Waals surface area contributed by atoms with Gasteiger partial charge >= 0.3 is 0 Å². The summed E-state index contributed by atoms with van der Waals surface area (Å²) in [4.78, 5) is 24.8. The second kappa shape index (κ2) is 12.9. The molecule has 0 aliphatic rings. The van der Waals surface area contributed by atoms with Crippen LogP contribution in [0.3, 0.4) is 0 Å². The molecule has 2 amide bonds. The first-order chi connectivity index (χ1) is 17.6. The van der Waals surface area contributed by atoms with E-state index in [0.717, 1.165) is 21.2 Å². The zero-order valence-electron chi connectivity index (χ0n) is 20.7. The van der Waals surface area contributed by atoms with Crippen molar-refractivity contribution < 1.29 is 27.5 Å². The van der Waals surface area contributed by atoms with Gasteiger partial charge in [0.25, 0.3) is 5.91 Å². The number of methoxy groups -OCH3 is 2. The topological polar surface area (TPSA) is 140 Å². The molecule has 1 heterocycles. The maximum atomic E-state index is 12.5. The first-order valence-electron chi connectivity index (χ1n) is 10.9. The Morgan fingerprint density at radius 3 is 2.38 bits per heavy atom. The Morgan fingerprint density at radius 1 is 1.03 bits per heavy atom. The van der Waals surface area contributed by atoms with E-state index in [2.05, 4.69) is 20.8 Å². The molecule has 0 aliphatic heterocycles. The molecular formula is C23H27N5O6S3. The standard InChI is InChI=1S/C23H27N5O6S3/c1-28(2)37(31,32)17-8-6-16(7-9-17)21(30)25-22-26-27-23(36-22)35-14-20(29)24-12-11-15-5-10-18(33-3)19(13-15)34-4/h5-10,13H,11-12,14H2,1-4H3,(H,24,29)(H,25,26,30). The van der Waals surface area contributed by atoms with Gasteiger partial charge in [0.05, 0.1) is 24.9 Å². The third kappa shape index (κ3) is 7.64. The number of rotatable bonds is 12. The maximum absolute atomic E-state index is 12.5. The van der Waals surface area contributed by atoms with Crippen molar-refractivity contribution in [3.8, 4) is 11.5 Å². The van der Waals surface area contributed by atoms with Crippen LogP contribution in [0.5, 0.6) is 11.5 Å². The first-order valence-corrected chi connectivity index (χ1v) is 14.2. The van der Waals surface area contributed by atoms with Crippen molar-refractivity contribution in [2.24, 2.45) is 0 Å². The van der Waals surface area contributed by atoms with Crippen LogP contribution in [0.15, 0.2) is 51.7 Å². The van der Waals surface area contributed by atoms with Crippen molar-refractivity contribution in [1.29, 1.82) is 0 Å². The number of ether oxygens (including phenoxy) is 2. The van der Waals surface area contributed by atoms with E-state index >= 15 is 0 Å². The number of benzene rings is 2. The summed E-state index contributed by atoms with van der Waals surface area (Å²) in [6.45, 7) is 0.459. The summed E-state index contributed by atoms with van der Waals surface area (Å²) in [5, 5.41) is 13.7. The number of amides is 2. The van der Waals surface area contributed by atoms with E-state index in [4.69, 9.17) is 9.47 Å². The molecule has 0 unspecified atom stereocenters. The minimum absolute atomic E-state index is 0.0886. The monoisotopic (exact) mass is 565 g/mol. The van der Waals surface area contributed by atoms with Gasteiger partial charge < -0.3 is 14.8 Å². The summed E-state index contributed by atoms with van der Waals surface area (Å²) in [6.07, 6.45) is 0.633. The number of anilines is 1. The average molecular weight is 566 g/mol. The molecule has 3 aromatic rings. The highest BCUT2D eigenvalue weighted by molar-refractivity contribution is 8.01. The van der Waals surface area contributed by atoms with Gasteiger partial charge in [0.2, 0.25) is 21.1 Å². The fraction of sp³-hybridized carbons (Fsp3) is 0.304. The third-order valence-electron chi connectivity index (χ3n) is 5.03. The second-order valence-corrected chi connectivity index (χ2v) is 12.1. The van der Waals surface area contributed by atoms with Crippen LogP contribution in [0, 0.1) is 0 Å². The number of thioether (sulfide) groups is 1. The summed E-state index contributed by atoms with van der Waals surface area (Å²) in [5.74, 6) is 0.826. The van der Waals surface area contributed by atoms with Crippen molar-refractivity contribution in [1.82, 2.24) is 19.8 Å². The van der Waals surface area contributed by atoms with Crippen LogP contribution in [0.25, 0.3) is 0 Å². The van der Waals surface area contributed by atoms with Crippen molar-refractivity contribution in [3.63, 3.8) is 0 Å². The number of hydrogen-bond donors (Lipinski definition) is 2. The third-order valence-corrected chi connectivity index (χ3v) is 8.83. The zero-order chi connectivity index (χ0) is 27.0. The van der Waals surface area contributed by atoms with Crippen molar-refractivity contribution in [3.05, 3.63) is 53.6 Å². The molecule has 11 nitrogen and oxygen atoms in total. The summed E-state index contributed by atoms with van der Waals surface area (Å²) in [7, 11) is 2.44. The first kappa shape index (κ1) is 28.4. The van der Waals surface area contributed by atoms with Gasteiger partial charge in [-0.3, -0.25) is 14.9 Å². The van der Waals surface area contributed by atoms with Crippen LogP contribution in [0.2, 0.25) is 0 Å². The number of aromatic nitrogens is 2. The predicted octanol–water partition coefficient (Wildman–Crippen LogP) is 2.51. The molecule has 198 valence electrons. The Hall–Kier alpha value is -3.20. The Kier molecular flexibility index (Phi) is 9.86. The lowest BCUT2D eigenvalue weighted by molar-refractivity contribution is -0.118. The second-order valence-electron chi connectivity index (χ2n) is 7.72. The molecule has 0 radical (unpaired) electrons. The number of carbonyl (C=O) groups is 2. The molecule has 0 saturated heterocycles. The van der Waals surface area contributed by atoms with Crippen LogP contribution < -0.4 is 20.1 Å². The molecule has 0 spiro atoms. The summed E-state index contributed by atoms with van der Waals surface area (Å²) in [5.41, 5.74) is 1.28. The van der Waals surface area contributed by atoms with Crippen molar-refractivity contribution in [2.45, 2.75) is 15.7 Å². The highest BCUT2D eigenvalue weighted by Crippen LogP contribution is 2.28. The van der Waals surface area contributed by atoms with E-state index in [1.54, 1.807) is 14.2 Å². The normalized spacial score (nSPS) is 11.3. The van der Waals surface area contributed by atoms with Crippen LogP contribution in [-0.2, 0) is 21.2 Å². The summed E-state index contributed by atoms with van der Waals surface area (Å²) >= 11 is 2.35. The van der Waals surface area contributed by atoms with Crippen LogP contribution >= 0.6 is 23.1 Å². The number of sulfonamides is 1. The van der Waals surface area contributed by atoms with Gasteiger partial charge in [-0.25, -0.2) is 12.7 Å². The summed E-state index contributed by atoms with van der Waals surface area (Å²) < 4.78 is 36.4. The highest BCUT2D eigenvalue weighted by Gasteiger charge is 2.18. The molecule has 0 aliphatic carbocycles. The SMILES string of the molecule is COc1ccc(CCNC(=O)CSc2nnc(NC(=O)c3ccc(S(=O)(=O)N(C)C)cc3)s2)cc1OC. The van der Waals surface area contributed by atoms with Gasteiger partial charge in [0, 0.05) is 26.2 Å². The molecule has 1 aromatic heterocycles. The molecule has 0 bridgehead atoms. The van der Waals surface area contributed by atoms with E-state index in [9.17, 15) is 18.0 Å². The van der Waals surface area contributed by atoms with Crippen LogP contribution in [-0.4, -0.2) is 75.3 Å².